The molecule has 0 N–H and O–H groups in total. The van der Waals surface area contributed by atoms with Crippen molar-refractivity contribution in [1.82, 2.24) is 9.80 Å². The normalized spacial score (nSPS) is 14.6. The van der Waals surface area contributed by atoms with Crippen molar-refractivity contribution in [2.75, 3.05) is 40.4 Å². The summed E-state index contributed by atoms with van der Waals surface area (Å²) in [5, 5.41) is 0. The summed E-state index contributed by atoms with van der Waals surface area (Å²) in [7, 11) is 2.64. The second-order valence-electron chi connectivity index (χ2n) is 5.95. The number of benzene rings is 1. The fourth-order valence-corrected chi connectivity index (χ4v) is 2.82. The summed E-state index contributed by atoms with van der Waals surface area (Å²) in [5.74, 6) is -1.35. The molecule has 0 saturated carbocycles. The van der Waals surface area contributed by atoms with Crippen LogP contribution in [0.2, 0.25) is 0 Å². The minimum atomic E-state index is -0.590. The highest BCUT2D eigenvalue weighted by Crippen LogP contribution is 2.19. The van der Waals surface area contributed by atoms with E-state index in [4.69, 9.17) is 4.74 Å². The molecule has 0 atom stereocenters. The minimum absolute atomic E-state index is 0.0413. The fourth-order valence-electron chi connectivity index (χ4n) is 2.82. The van der Waals surface area contributed by atoms with E-state index in [1.54, 1.807) is 9.80 Å². The largest absolute Gasteiger partial charge is 0.494 e. The van der Waals surface area contributed by atoms with Gasteiger partial charge in [0.05, 0.1) is 20.6 Å². The van der Waals surface area contributed by atoms with Crippen LogP contribution in [-0.2, 0) is 14.3 Å². The molecule has 0 radical (unpaired) electrons. The highest BCUT2D eigenvalue weighted by Gasteiger charge is 2.23. The number of esters is 1. The van der Waals surface area contributed by atoms with Gasteiger partial charge in [-0.25, -0.2) is 4.39 Å². The maximum atomic E-state index is 13.8. The van der Waals surface area contributed by atoms with Crippen LogP contribution in [0.5, 0.6) is 5.75 Å². The molecule has 26 heavy (non-hydrogen) atoms. The summed E-state index contributed by atoms with van der Waals surface area (Å²) in [6.07, 6.45) is 0.748. The zero-order valence-corrected chi connectivity index (χ0v) is 15.0. The molecule has 0 bridgehead atoms. The van der Waals surface area contributed by atoms with Gasteiger partial charge in [-0.05, 0) is 24.6 Å². The molecule has 2 amide bonds. The van der Waals surface area contributed by atoms with E-state index in [9.17, 15) is 18.8 Å². The number of amides is 2. The van der Waals surface area contributed by atoms with Crippen LogP contribution >= 0.6 is 0 Å². The summed E-state index contributed by atoms with van der Waals surface area (Å²) >= 11 is 0. The minimum Gasteiger partial charge on any atom is -0.494 e. The lowest BCUT2D eigenvalue weighted by atomic mass is 10.1. The third kappa shape index (κ3) is 4.93. The van der Waals surface area contributed by atoms with Gasteiger partial charge in [0, 0.05) is 38.2 Å². The first kappa shape index (κ1) is 19.7. The number of ether oxygens (including phenoxy) is 2. The Balaban J connectivity index is 1.95. The smallest absolute Gasteiger partial charge is 0.306 e. The Hall–Kier alpha value is -2.64. The van der Waals surface area contributed by atoms with E-state index in [0.717, 1.165) is 6.07 Å². The number of methoxy groups -OCH3 is 2. The van der Waals surface area contributed by atoms with E-state index < -0.39 is 11.8 Å². The van der Waals surface area contributed by atoms with Gasteiger partial charge in [0.15, 0.2) is 11.6 Å². The van der Waals surface area contributed by atoms with Crippen LogP contribution in [0.3, 0.4) is 0 Å². The summed E-state index contributed by atoms with van der Waals surface area (Å²) in [6, 6.07) is 4.10. The Bertz CT molecular complexity index is 680. The van der Waals surface area contributed by atoms with Crippen molar-refractivity contribution in [2.45, 2.75) is 19.3 Å². The molecule has 1 aromatic carbocycles. The molecular formula is C18H23FN2O5. The third-order valence-corrected chi connectivity index (χ3v) is 4.31. The van der Waals surface area contributed by atoms with Crippen LogP contribution < -0.4 is 4.74 Å². The number of carbonyl (C=O) groups is 3. The van der Waals surface area contributed by atoms with Crippen molar-refractivity contribution in [3.8, 4) is 5.75 Å². The Morgan fingerprint density at radius 3 is 2.38 bits per heavy atom. The first-order valence-corrected chi connectivity index (χ1v) is 8.43. The third-order valence-electron chi connectivity index (χ3n) is 4.31. The van der Waals surface area contributed by atoms with Crippen LogP contribution in [0, 0.1) is 5.82 Å². The molecule has 1 saturated heterocycles. The molecule has 0 spiro atoms. The zero-order valence-electron chi connectivity index (χ0n) is 15.0. The molecule has 0 unspecified atom stereocenters. The molecular weight excluding hydrogens is 343 g/mol. The molecule has 8 heteroatoms. The van der Waals surface area contributed by atoms with E-state index >= 15 is 0 Å². The van der Waals surface area contributed by atoms with Crippen LogP contribution in [-0.4, -0.2) is 68.0 Å². The summed E-state index contributed by atoms with van der Waals surface area (Å²) in [6.45, 7) is 1.73. The van der Waals surface area contributed by atoms with Crippen molar-refractivity contribution in [1.29, 1.82) is 0 Å². The lowest BCUT2D eigenvalue weighted by Crippen LogP contribution is -2.37. The number of nitrogens with zero attached hydrogens (tertiary/aromatic N) is 2. The highest BCUT2D eigenvalue weighted by atomic mass is 19.1. The number of halogens is 1. The van der Waals surface area contributed by atoms with Crippen molar-refractivity contribution in [2.24, 2.45) is 0 Å². The summed E-state index contributed by atoms with van der Waals surface area (Å²) < 4.78 is 23.2. The van der Waals surface area contributed by atoms with Gasteiger partial charge in [-0.3, -0.25) is 14.4 Å². The predicted octanol–water partition coefficient (Wildman–Crippen LogP) is 1.46. The molecule has 0 aliphatic carbocycles. The molecule has 1 aliphatic rings. The fraction of sp³-hybridized carbons (Fsp3) is 0.500. The number of carbonyl (C=O) groups excluding carboxylic acids is 3. The van der Waals surface area contributed by atoms with Crippen molar-refractivity contribution >= 4 is 17.8 Å². The van der Waals surface area contributed by atoms with Crippen LogP contribution in [0.25, 0.3) is 0 Å². The van der Waals surface area contributed by atoms with Gasteiger partial charge in [0.25, 0.3) is 5.91 Å². The SMILES string of the molecule is COC(=O)CCC(=O)N1CCCN(C(=O)c2ccc(OC)c(F)c2)CC1. The van der Waals surface area contributed by atoms with Gasteiger partial charge in [0.1, 0.15) is 0 Å². The van der Waals surface area contributed by atoms with E-state index in [2.05, 4.69) is 4.74 Å². The lowest BCUT2D eigenvalue weighted by molar-refractivity contribution is -0.143. The second kappa shape index (κ2) is 9.17. The van der Waals surface area contributed by atoms with Crippen molar-refractivity contribution in [3.63, 3.8) is 0 Å². The molecule has 7 nitrogen and oxygen atoms in total. The van der Waals surface area contributed by atoms with Gasteiger partial charge in [-0.2, -0.15) is 0 Å². The first-order chi connectivity index (χ1) is 12.5. The Morgan fingerprint density at radius 1 is 1.04 bits per heavy atom. The molecule has 2 rings (SSSR count). The van der Waals surface area contributed by atoms with Gasteiger partial charge < -0.3 is 19.3 Å². The predicted molar refractivity (Wildman–Crippen MR) is 91.3 cm³/mol. The zero-order chi connectivity index (χ0) is 19.1. The Labute approximate surface area is 151 Å². The molecule has 142 valence electrons. The maximum absolute atomic E-state index is 13.8. The van der Waals surface area contributed by atoms with Crippen molar-refractivity contribution < 1.29 is 28.2 Å². The second-order valence-corrected chi connectivity index (χ2v) is 5.95. The van der Waals surface area contributed by atoms with E-state index in [0.29, 0.717) is 32.6 Å². The average Bonchev–Trinajstić information content (AvgIpc) is 2.91. The van der Waals surface area contributed by atoms with Gasteiger partial charge >= 0.3 is 5.97 Å². The van der Waals surface area contributed by atoms with Crippen LogP contribution in [0.15, 0.2) is 18.2 Å². The van der Waals surface area contributed by atoms with E-state index in [-0.39, 0.29) is 36.0 Å². The first-order valence-electron chi connectivity index (χ1n) is 8.43. The molecule has 1 aliphatic heterocycles. The molecule has 1 fully saturated rings. The summed E-state index contributed by atoms with van der Waals surface area (Å²) in [5.41, 5.74) is 0.244. The Kier molecular flexibility index (Phi) is 6.94. The van der Waals surface area contributed by atoms with Gasteiger partial charge in [-0.15, -0.1) is 0 Å². The van der Waals surface area contributed by atoms with Gasteiger partial charge in [-0.1, -0.05) is 0 Å². The topological polar surface area (TPSA) is 76.2 Å². The van der Waals surface area contributed by atoms with Crippen LogP contribution in [0.4, 0.5) is 4.39 Å². The quantitative estimate of drug-likeness (QED) is 0.738. The number of hydrogen-bond acceptors (Lipinski definition) is 5. The Morgan fingerprint density at radius 2 is 1.73 bits per heavy atom. The van der Waals surface area contributed by atoms with E-state index in [1.807, 2.05) is 0 Å². The molecule has 1 aromatic rings. The standard InChI is InChI=1S/C18H23FN2O5/c1-25-15-5-4-13(12-14(15)19)18(24)21-9-3-8-20(10-11-21)16(22)6-7-17(23)26-2/h4-5,12H,3,6-11H2,1-2H3. The van der Waals surface area contributed by atoms with Gasteiger partial charge in [0.2, 0.25) is 5.91 Å². The molecule has 0 aromatic heterocycles. The van der Waals surface area contributed by atoms with Crippen molar-refractivity contribution in [3.05, 3.63) is 29.6 Å². The van der Waals surface area contributed by atoms with Crippen LogP contribution in [0.1, 0.15) is 29.6 Å². The number of hydrogen-bond donors (Lipinski definition) is 0. The average molecular weight is 366 g/mol. The maximum Gasteiger partial charge on any atom is 0.306 e. The monoisotopic (exact) mass is 366 g/mol. The molecule has 1 heterocycles. The van der Waals surface area contributed by atoms with E-state index in [1.165, 1.54) is 26.4 Å². The summed E-state index contributed by atoms with van der Waals surface area (Å²) in [4.78, 5) is 39.2. The highest BCUT2D eigenvalue weighted by molar-refractivity contribution is 5.94. The lowest BCUT2D eigenvalue weighted by Gasteiger charge is -2.22. The number of rotatable bonds is 5.